The van der Waals surface area contributed by atoms with Crippen LogP contribution in [-0.4, -0.2) is 18.3 Å². The van der Waals surface area contributed by atoms with Crippen molar-refractivity contribution in [3.8, 4) is 5.75 Å². The van der Waals surface area contributed by atoms with E-state index >= 15 is 0 Å². The van der Waals surface area contributed by atoms with Crippen molar-refractivity contribution >= 4 is 7.60 Å². The molecule has 0 aliphatic heterocycles. The molecule has 0 radical (unpaired) electrons. The molecule has 0 aliphatic carbocycles. The minimum atomic E-state index is -3.36. The van der Waals surface area contributed by atoms with Crippen LogP contribution in [0.25, 0.3) is 0 Å². The van der Waals surface area contributed by atoms with Gasteiger partial charge in [-0.15, -0.1) is 0 Å². The standard InChI is InChI=1S/C51H97O4P/c1-9-11-13-15-17-19-21-23-25-27-29-31-33-35-37-39-41-54-56(53,45-46-43-47(50(3,4)5)49(52)48(44-46)51(6,7)8)55-42-40-38-36-34-32-30-28-26-24-22-20-18-16-14-12-10-2/h43-44,52H,9-42,45H2,1-8H3. The number of hydrogen-bond donors (Lipinski definition) is 1. The Hall–Kier alpha value is -0.830. The van der Waals surface area contributed by atoms with E-state index in [9.17, 15) is 9.67 Å². The van der Waals surface area contributed by atoms with Crippen LogP contribution in [0, 0.1) is 0 Å². The predicted molar refractivity (Wildman–Crippen MR) is 248 cm³/mol. The quantitative estimate of drug-likeness (QED) is 0.0534. The average Bonchev–Trinajstić information content (AvgIpc) is 3.14. The van der Waals surface area contributed by atoms with Gasteiger partial charge < -0.3 is 14.2 Å². The smallest absolute Gasteiger partial charge is 0.335 e. The summed E-state index contributed by atoms with van der Waals surface area (Å²) in [7, 11) is -3.36. The number of benzene rings is 1. The lowest BCUT2D eigenvalue weighted by Crippen LogP contribution is -2.18. The van der Waals surface area contributed by atoms with E-state index in [-0.39, 0.29) is 17.0 Å². The lowest BCUT2D eigenvalue weighted by atomic mass is 9.78. The molecule has 1 N–H and O–H groups in total. The zero-order valence-electron chi connectivity index (χ0n) is 39.0. The first-order valence-corrected chi connectivity index (χ1v) is 26.3. The van der Waals surface area contributed by atoms with Gasteiger partial charge in [-0.2, -0.15) is 0 Å². The molecule has 4 nitrogen and oxygen atoms in total. The molecule has 0 aliphatic rings. The van der Waals surface area contributed by atoms with Crippen molar-refractivity contribution in [2.45, 2.75) is 278 Å². The lowest BCUT2D eigenvalue weighted by Gasteiger charge is -2.29. The molecule has 0 saturated heterocycles. The van der Waals surface area contributed by atoms with Gasteiger partial charge in [-0.25, -0.2) is 0 Å². The highest BCUT2D eigenvalue weighted by Gasteiger charge is 2.30. The van der Waals surface area contributed by atoms with Crippen molar-refractivity contribution in [3.05, 3.63) is 28.8 Å². The second-order valence-corrected chi connectivity index (χ2v) is 21.6. The zero-order valence-corrected chi connectivity index (χ0v) is 39.9. The van der Waals surface area contributed by atoms with E-state index in [1.54, 1.807) is 0 Å². The van der Waals surface area contributed by atoms with Crippen molar-refractivity contribution in [2.24, 2.45) is 0 Å². The predicted octanol–water partition coefficient (Wildman–Crippen LogP) is 18.2. The highest BCUT2D eigenvalue weighted by Crippen LogP contribution is 2.53. The third-order valence-electron chi connectivity index (χ3n) is 11.7. The maximum absolute atomic E-state index is 14.4. The van der Waals surface area contributed by atoms with E-state index in [0.717, 1.165) is 42.4 Å². The number of rotatable bonds is 38. The molecule has 0 unspecified atom stereocenters. The molecular weight excluding hydrogens is 708 g/mol. The van der Waals surface area contributed by atoms with Crippen LogP contribution < -0.4 is 0 Å². The molecule has 0 saturated carbocycles. The van der Waals surface area contributed by atoms with Crippen LogP contribution in [0.4, 0.5) is 0 Å². The Bertz CT molecular complexity index is 1020. The number of aromatic hydroxyl groups is 1. The van der Waals surface area contributed by atoms with Gasteiger partial charge in [0.1, 0.15) is 5.75 Å². The van der Waals surface area contributed by atoms with Crippen LogP contribution in [0.3, 0.4) is 0 Å². The van der Waals surface area contributed by atoms with Crippen LogP contribution in [0.15, 0.2) is 12.1 Å². The fourth-order valence-electron chi connectivity index (χ4n) is 7.99. The third-order valence-corrected chi connectivity index (χ3v) is 13.6. The topological polar surface area (TPSA) is 55.8 Å². The maximum atomic E-state index is 14.4. The van der Waals surface area contributed by atoms with Gasteiger partial charge >= 0.3 is 7.60 Å². The van der Waals surface area contributed by atoms with E-state index in [0.29, 0.717) is 19.0 Å². The Morgan fingerprint density at radius 1 is 0.429 bits per heavy atom. The number of hydrogen-bond acceptors (Lipinski definition) is 4. The van der Waals surface area contributed by atoms with Gasteiger partial charge in [0.2, 0.25) is 0 Å². The fourth-order valence-corrected chi connectivity index (χ4v) is 9.69. The van der Waals surface area contributed by atoms with Gasteiger partial charge in [0.15, 0.2) is 0 Å². The van der Waals surface area contributed by atoms with Gasteiger partial charge in [0.25, 0.3) is 0 Å². The van der Waals surface area contributed by atoms with E-state index in [1.165, 1.54) is 180 Å². The molecule has 0 spiro atoms. The minimum Gasteiger partial charge on any atom is -0.507 e. The van der Waals surface area contributed by atoms with Gasteiger partial charge in [0, 0.05) is 0 Å². The minimum absolute atomic E-state index is 0.243. The first-order chi connectivity index (χ1) is 26.8. The summed E-state index contributed by atoms with van der Waals surface area (Å²) in [5.74, 6) is 0.353. The summed E-state index contributed by atoms with van der Waals surface area (Å²) in [5, 5.41) is 11.3. The molecule has 56 heavy (non-hydrogen) atoms. The van der Waals surface area contributed by atoms with E-state index in [1.807, 2.05) is 12.1 Å². The average molecular weight is 805 g/mol. The Kier molecular flexibility index (Phi) is 31.3. The zero-order chi connectivity index (χ0) is 41.4. The number of phenols is 1. The second-order valence-electron chi connectivity index (χ2n) is 19.6. The molecule has 0 aromatic heterocycles. The van der Waals surface area contributed by atoms with Crippen LogP contribution >= 0.6 is 7.60 Å². The SMILES string of the molecule is CCCCCCCCCCCCCCCCCCOP(=O)(Cc1cc(C(C)(C)C)c(O)c(C(C)(C)C)c1)OCCCCCCCCCCCCCCCCCC. The third kappa shape index (κ3) is 27.8. The molecule has 330 valence electrons. The van der Waals surface area contributed by atoms with E-state index in [4.69, 9.17) is 9.05 Å². The Labute approximate surface area is 350 Å². The summed E-state index contributed by atoms with van der Waals surface area (Å²) in [6.07, 6.45) is 42.8. The summed E-state index contributed by atoms with van der Waals surface area (Å²) >= 11 is 0. The number of phenolic OH excluding ortho intramolecular Hbond substituents is 1. The van der Waals surface area contributed by atoms with Gasteiger partial charge in [-0.05, 0) is 40.4 Å². The molecule has 0 amide bonds. The fraction of sp³-hybridized carbons (Fsp3) is 0.882. The van der Waals surface area contributed by atoms with Crippen LogP contribution in [0.1, 0.15) is 278 Å². The van der Waals surface area contributed by atoms with Gasteiger partial charge in [-0.1, -0.05) is 260 Å². The van der Waals surface area contributed by atoms with Crippen molar-refractivity contribution in [2.75, 3.05) is 13.2 Å². The van der Waals surface area contributed by atoms with Crippen molar-refractivity contribution in [1.82, 2.24) is 0 Å². The summed E-state index contributed by atoms with van der Waals surface area (Å²) in [4.78, 5) is 0. The molecule has 1 aromatic rings. The highest BCUT2D eigenvalue weighted by molar-refractivity contribution is 7.53. The van der Waals surface area contributed by atoms with E-state index in [2.05, 4.69) is 55.4 Å². The van der Waals surface area contributed by atoms with Crippen LogP contribution in [-0.2, 0) is 30.6 Å². The maximum Gasteiger partial charge on any atom is 0.335 e. The largest absolute Gasteiger partial charge is 0.507 e. The van der Waals surface area contributed by atoms with Crippen molar-refractivity contribution in [1.29, 1.82) is 0 Å². The monoisotopic (exact) mass is 805 g/mol. The normalized spacial score (nSPS) is 12.6. The molecule has 5 heteroatoms. The van der Waals surface area contributed by atoms with E-state index < -0.39 is 7.60 Å². The molecule has 1 rings (SSSR count). The summed E-state index contributed by atoms with van der Waals surface area (Å²) in [6, 6.07) is 4.07. The molecule has 0 atom stereocenters. The Morgan fingerprint density at radius 2 is 0.661 bits per heavy atom. The van der Waals surface area contributed by atoms with Gasteiger partial charge in [-0.3, -0.25) is 4.57 Å². The van der Waals surface area contributed by atoms with Crippen molar-refractivity contribution in [3.63, 3.8) is 0 Å². The first-order valence-electron chi connectivity index (χ1n) is 24.6. The number of unbranched alkanes of at least 4 members (excludes halogenated alkanes) is 30. The second kappa shape index (κ2) is 33.0. The molecule has 0 heterocycles. The molecule has 0 bridgehead atoms. The highest BCUT2D eigenvalue weighted by atomic mass is 31.2. The lowest BCUT2D eigenvalue weighted by molar-refractivity contribution is 0.196. The summed E-state index contributed by atoms with van der Waals surface area (Å²) in [6.45, 7) is 18.3. The molecule has 1 aromatic carbocycles. The van der Waals surface area contributed by atoms with Crippen LogP contribution in [0.5, 0.6) is 5.75 Å². The molecular formula is C51H97O4P. The Morgan fingerprint density at radius 3 is 0.893 bits per heavy atom. The molecule has 0 fully saturated rings. The summed E-state index contributed by atoms with van der Waals surface area (Å²) < 4.78 is 26.9. The first kappa shape index (κ1) is 53.2. The summed E-state index contributed by atoms with van der Waals surface area (Å²) in [5.41, 5.74) is 2.23. The Balaban J connectivity index is 2.49. The van der Waals surface area contributed by atoms with Gasteiger partial charge in [0.05, 0.1) is 19.4 Å². The van der Waals surface area contributed by atoms with Crippen molar-refractivity contribution < 1.29 is 18.7 Å². The van der Waals surface area contributed by atoms with Crippen LogP contribution in [0.2, 0.25) is 0 Å².